The van der Waals surface area contributed by atoms with Crippen molar-refractivity contribution in [3.05, 3.63) is 47.0 Å². The van der Waals surface area contributed by atoms with Gasteiger partial charge in [0.1, 0.15) is 34.1 Å². The third-order valence-electron chi connectivity index (χ3n) is 11.6. The van der Waals surface area contributed by atoms with Crippen molar-refractivity contribution in [3.8, 4) is 22.2 Å². The molecule has 2 amide bonds. The number of allylic oxidation sites excluding steroid dienone is 2. The molecule has 284 valence electrons. The number of benzene rings is 1. The molecule has 2 aromatic heterocycles. The summed E-state index contributed by atoms with van der Waals surface area (Å²) in [6.07, 6.45) is 8.64. The van der Waals surface area contributed by atoms with Crippen LogP contribution in [0.4, 0.5) is 0 Å². The lowest BCUT2D eigenvalue weighted by molar-refractivity contribution is -0.140. The molecule has 3 heterocycles. The molecule has 1 aromatic carbocycles. The summed E-state index contributed by atoms with van der Waals surface area (Å²) in [5.74, 6) is -0.860. The minimum atomic E-state index is -3.79. The van der Waals surface area contributed by atoms with Crippen molar-refractivity contribution >= 4 is 49.9 Å². The number of ether oxygens (including phenoxy) is 2. The van der Waals surface area contributed by atoms with E-state index < -0.39 is 44.5 Å². The Balaban J connectivity index is 1.22. The lowest BCUT2D eigenvalue weighted by Gasteiger charge is -2.26. The highest BCUT2D eigenvalue weighted by atomic mass is 32.2. The number of hydrogen-bond acceptors (Lipinski definition) is 10. The first-order chi connectivity index (χ1) is 25.3. The van der Waals surface area contributed by atoms with Gasteiger partial charge in [0.25, 0.3) is 0 Å². The number of pyridine rings is 1. The van der Waals surface area contributed by atoms with Gasteiger partial charge in [-0.2, -0.15) is 0 Å². The molecular weight excluding hydrogens is 713 g/mol. The van der Waals surface area contributed by atoms with Crippen molar-refractivity contribution in [2.75, 3.05) is 20.7 Å². The Morgan fingerprint density at radius 3 is 2.58 bits per heavy atom. The quantitative estimate of drug-likeness (QED) is 0.239. The Morgan fingerprint density at radius 2 is 1.89 bits per heavy atom. The summed E-state index contributed by atoms with van der Waals surface area (Å²) < 4.78 is 40.5. The maximum absolute atomic E-state index is 14.4. The molecule has 0 saturated heterocycles. The first-order valence-corrected chi connectivity index (χ1v) is 21.4. The summed E-state index contributed by atoms with van der Waals surface area (Å²) in [6, 6.07) is 5.76. The van der Waals surface area contributed by atoms with E-state index in [2.05, 4.69) is 25.5 Å². The third kappa shape index (κ3) is 7.48. The number of carbonyl (C=O) groups excluding carboxylic acids is 3. The monoisotopic (exact) mass is 762 g/mol. The van der Waals surface area contributed by atoms with Crippen LogP contribution in [0.5, 0.6) is 11.5 Å². The Bertz CT molecular complexity index is 2060. The highest BCUT2D eigenvalue weighted by Gasteiger charge is 2.61. The maximum atomic E-state index is 14.4. The largest absolute Gasteiger partial charge is 0.496 e. The van der Waals surface area contributed by atoms with Gasteiger partial charge >= 0.3 is 0 Å². The number of methoxy groups -OCH3 is 1. The highest BCUT2D eigenvalue weighted by Crippen LogP contribution is 2.58. The van der Waals surface area contributed by atoms with Gasteiger partial charge in [-0.3, -0.25) is 19.1 Å². The fourth-order valence-corrected chi connectivity index (χ4v) is 10.5. The smallest absolute Gasteiger partial charge is 0.240 e. The number of rotatable bonds is 9. The number of sulfonamides is 1. The van der Waals surface area contributed by atoms with Crippen LogP contribution in [0, 0.1) is 23.2 Å². The van der Waals surface area contributed by atoms with E-state index in [0.717, 1.165) is 52.2 Å². The van der Waals surface area contributed by atoms with E-state index in [1.807, 2.05) is 35.7 Å². The highest BCUT2D eigenvalue weighted by molar-refractivity contribution is 7.90. The number of thiazole rings is 1. The minimum absolute atomic E-state index is 0.105. The van der Waals surface area contributed by atoms with Crippen LogP contribution in [0.15, 0.2) is 35.7 Å². The maximum Gasteiger partial charge on any atom is 0.240 e. The second kappa shape index (κ2) is 14.8. The zero-order valence-corrected chi connectivity index (χ0v) is 32.9. The molecule has 11 nitrogen and oxygen atoms in total. The molecule has 7 rings (SSSR count). The van der Waals surface area contributed by atoms with Crippen LogP contribution in [-0.4, -0.2) is 72.9 Å². The summed E-state index contributed by atoms with van der Waals surface area (Å²) in [5, 5.41) is 3.08. The summed E-state index contributed by atoms with van der Waals surface area (Å²) in [7, 11) is -0.357. The van der Waals surface area contributed by atoms with Gasteiger partial charge in [-0.15, -0.1) is 11.3 Å². The molecule has 0 unspecified atom stereocenters. The Morgan fingerprint density at radius 1 is 1.11 bits per heavy atom. The lowest BCUT2D eigenvalue weighted by atomic mass is 9.84. The summed E-state index contributed by atoms with van der Waals surface area (Å²) in [5.41, 5.74) is 2.22. The summed E-state index contributed by atoms with van der Waals surface area (Å²) in [6.45, 7) is 6.84. The molecule has 0 spiro atoms. The number of amides is 2. The van der Waals surface area contributed by atoms with Crippen molar-refractivity contribution < 1.29 is 32.3 Å². The molecule has 3 fully saturated rings. The Labute approximate surface area is 316 Å². The second-order valence-electron chi connectivity index (χ2n) is 15.6. The van der Waals surface area contributed by atoms with E-state index in [1.54, 1.807) is 19.1 Å². The van der Waals surface area contributed by atoms with Gasteiger partial charge in [-0.05, 0) is 81.8 Å². The van der Waals surface area contributed by atoms with Crippen LogP contribution >= 0.6 is 11.3 Å². The lowest BCUT2D eigenvalue weighted by Crippen LogP contribution is -2.42. The average molecular weight is 763 g/mol. The van der Waals surface area contributed by atoms with Gasteiger partial charge < -0.3 is 14.4 Å². The van der Waals surface area contributed by atoms with E-state index in [9.17, 15) is 22.8 Å². The van der Waals surface area contributed by atoms with Crippen molar-refractivity contribution in [1.82, 2.24) is 19.6 Å². The SMILES string of the molecule is CCc1c(OC)ccc2c(O[C@@H]3C[C@H]4C(=O)C[C@]5(C(=O)NS(=O)(=O)C6CC6)C[C@@H]5/C=C\CCCCN(C)C(=O)[C@@H]4C3)cc(-c3nc(C(C)C)cs3)nc12. The van der Waals surface area contributed by atoms with Crippen LogP contribution in [0.2, 0.25) is 0 Å². The topological polar surface area (TPSA) is 145 Å². The molecule has 53 heavy (non-hydrogen) atoms. The van der Waals surface area contributed by atoms with Gasteiger partial charge in [-0.1, -0.05) is 32.9 Å². The molecule has 3 aliphatic carbocycles. The van der Waals surface area contributed by atoms with Gasteiger partial charge in [0.05, 0.1) is 34.9 Å². The number of hydrogen-bond donors (Lipinski definition) is 1. The first kappa shape index (κ1) is 37.5. The van der Waals surface area contributed by atoms with Crippen LogP contribution in [-0.2, 0) is 30.8 Å². The summed E-state index contributed by atoms with van der Waals surface area (Å²) in [4.78, 5) is 53.9. The molecule has 3 aromatic rings. The van der Waals surface area contributed by atoms with Crippen LogP contribution in [0.25, 0.3) is 21.6 Å². The zero-order chi connectivity index (χ0) is 37.7. The predicted molar refractivity (Wildman–Crippen MR) is 204 cm³/mol. The molecule has 4 aliphatic rings. The van der Waals surface area contributed by atoms with Crippen molar-refractivity contribution in [3.63, 3.8) is 0 Å². The fourth-order valence-electron chi connectivity index (χ4n) is 8.13. The molecule has 1 N–H and O–H groups in total. The molecule has 0 bridgehead atoms. The first-order valence-electron chi connectivity index (χ1n) is 19.0. The van der Waals surface area contributed by atoms with Gasteiger partial charge in [0.15, 0.2) is 0 Å². The van der Waals surface area contributed by atoms with Gasteiger partial charge in [-0.25, -0.2) is 18.4 Å². The Kier molecular flexibility index (Phi) is 10.4. The molecule has 1 aliphatic heterocycles. The zero-order valence-electron chi connectivity index (χ0n) is 31.2. The number of carbonyl (C=O) groups is 3. The minimum Gasteiger partial charge on any atom is -0.496 e. The summed E-state index contributed by atoms with van der Waals surface area (Å²) >= 11 is 1.53. The van der Waals surface area contributed by atoms with E-state index >= 15 is 0 Å². The fraction of sp³-hybridized carbons (Fsp3) is 0.575. The number of nitrogens with one attached hydrogen (secondary N) is 1. The van der Waals surface area contributed by atoms with Crippen molar-refractivity contribution in [2.45, 2.75) is 102 Å². The van der Waals surface area contributed by atoms with Crippen LogP contribution < -0.4 is 14.2 Å². The number of aromatic nitrogens is 2. The number of aryl methyl sites for hydroxylation is 1. The molecular formula is C40H50N4O7S2. The standard InChI is InChI=1S/C40H50N4O7S2/c1-6-27-34(50-5)15-14-28-35(19-31(41-36(27)28)37-42-32(22-52-37)23(2)3)51-25-17-29-30(18-25)38(46)44(4)16-10-8-7-9-11-24-20-40(24,21-33(29)45)39(47)43-53(48,49)26-12-13-26/h9,11,14-15,19,22-26,29-30H,6-8,10,12-13,16-18,20-21H2,1-5H3,(H,43,47)/b11-9-/t24-,25+,29+,30+,40+/m0/s1. The van der Waals surface area contributed by atoms with E-state index in [-0.39, 0.29) is 29.9 Å². The molecule has 3 saturated carbocycles. The van der Waals surface area contributed by atoms with Crippen molar-refractivity contribution in [2.24, 2.45) is 23.2 Å². The van der Waals surface area contributed by atoms with Gasteiger partial charge in [0.2, 0.25) is 21.8 Å². The van der Waals surface area contributed by atoms with Crippen molar-refractivity contribution in [1.29, 1.82) is 0 Å². The van der Waals surface area contributed by atoms with E-state index in [4.69, 9.17) is 19.4 Å². The average Bonchev–Trinajstić information content (AvgIpc) is 4.01. The van der Waals surface area contributed by atoms with Crippen LogP contribution in [0.1, 0.15) is 95.7 Å². The van der Waals surface area contributed by atoms with E-state index in [1.165, 1.54) is 11.3 Å². The number of nitrogens with zero attached hydrogens (tertiary/aromatic N) is 3. The predicted octanol–water partition coefficient (Wildman–Crippen LogP) is 6.60. The van der Waals surface area contributed by atoms with Crippen LogP contribution in [0.3, 0.4) is 0 Å². The number of Topliss-reactive ketones (excluding diaryl/α,β-unsaturated/α-hetero) is 1. The molecule has 13 heteroatoms. The van der Waals surface area contributed by atoms with Gasteiger partial charge in [0, 0.05) is 48.3 Å². The number of fused-ring (bicyclic) bond motifs is 3. The number of ketones is 1. The van der Waals surface area contributed by atoms with E-state index in [0.29, 0.717) is 56.5 Å². The molecule has 0 radical (unpaired) electrons. The Hall–Kier alpha value is -3.84. The second-order valence-corrected chi connectivity index (χ2v) is 18.4. The third-order valence-corrected chi connectivity index (χ3v) is 14.3. The molecule has 5 atom stereocenters. The normalized spacial score (nSPS) is 27.2.